The Kier molecular flexibility index (Phi) is 8.21. The molecule has 0 unspecified atom stereocenters. The van der Waals surface area contributed by atoms with Crippen LogP contribution in [0.1, 0.15) is 85.8 Å². The van der Waals surface area contributed by atoms with Gasteiger partial charge in [0.05, 0.1) is 6.10 Å². The summed E-state index contributed by atoms with van der Waals surface area (Å²) in [6.07, 6.45) is 7.86. The van der Waals surface area contributed by atoms with E-state index in [9.17, 15) is 4.79 Å². The maximum absolute atomic E-state index is 12.9. The van der Waals surface area contributed by atoms with Crippen molar-refractivity contribution in [3.05, 3.63) is 64.7 Å². The van der Waals surface area contributed by atoms with Gasteiger partial charge in [-0.1, -0.05) is 39.0 Å². The van der Waals surface area contributed by atoms with Crippen LogP contribution in [0.4, 0.5) is 0 Å². The molecule has 0 aromatic heterocycles. The predicted octanol–water partition coefficient (Wildman–Crippen LogP) is 5.76. The summed E-state index contributed by atoms with van der Waals surface area (Å²) in [6, 6.07) is 14.8. The molecule has 0 radical (unpaired) electrons. The molecule has 3 atom stereocenters. The summed E-state index contributed by atoms with van der Waals surface area (Å²) in [7, 11) is 0. The Morgan fingerprint density at radius 3 is 2.65 bits per heavy atom. The van der Waals surface area contributed by atoms with Crippen molar-refractivity contribution in [3.8, 4) is 5.75 Å². The van der Waals surface area contributed by atoms with Crippen molar-refractivity contribution < 1.29 is 14.3 Å². The number of nitrogens with one attached hydrogen (secondary N) is 1. The Labute approximate surface area is 222 Å². The number of nitrogens with zero attached hydrogens (tertiary/aromatic N) is 1. The van der Waals surface area contributed by atoms with E-state index in [-0.39, 0.29) is 18.1 Å². The normalized spacial score (nSPS) is 24.5. The highest BCUT2D eigenvalue weighted by molar-refractivity contribution is 5.94. The fraction of sp³-hybridized carbons (Fsp3) is 0.594. The molecule has 2 saturated heterocycles. The summed E-state index contributed by atoms with van der Waals surface area (Å²) in [5.74, 6) is 1.42. The first-order valence-electron chi connectivity index (χ1n) is 14.3. The maximum atomic E-state index is 12.9. The van der Waals surface area contributed by atoms with E-state index in [1.54, 1.807) is 0 Å². The molecular weight excluding hydrogens is 460 g/mol. The number of carbonyl (C=O) groups is 1. The fourth-order valence-electron chi connectivity index (χ4n) is 6.23. The summed E-state index contributed by atoms with van der Waals surface area (Å²) in [6.45, 7) is 12.0. The summed E-state index contributed by atoms with van der Waals surface area (Å²) in [5, 5.41) is 3.27. The van der Waals surface area contributed by atoms with Crippen LogP contribution in [-0.4, -0.2) is 55.8 Å². The molecule has 0 spiro atoms. The molecule has 5 rings (SSSR count). The van der Waals surface area contributed by atoms with Crippen molar-refractivity contribution in [1.29, 1.82) is 0 Å². The average Bonchev–Trinajstić information content (AvgIpc) is 3.40. The number of likely N-dealkylation sites (tertiary alicyclic amines) is 1. The number of hydrogen-bond acceptors (Lipinski definition) is 4. The molecule has 0 bridgehead atoms. The monoisotopic (exact) mass is 504 g/mol. The number of piperidine rings is 1. The topological polar surface area (TPSA) is 50.8 Å². The first kappa shape index (κ1) is 26.2. The number of rotatable bonds is 7. The van der Waals surface area contributed by atoms with Gasteiger partial charge >= 0.3 is 0 Å². The summed E-state index contributed by atoms with van der Waals surface area (Å²) >= 11 is 0. The first-order chi connectivity index (χ1) is 17.8. The number of fused-ring (bicyclic) bond motifs is 1. The summed E-state index contributed by atoms with van der Waals surface area (Å²) < 4.78 is 11.4. The Balaban J connectivity index is 1.13. The number of amides is 1. The Hall–Kier alpha value is -2.37. The van der Waals surface area contributed by atoms with Gasteiger partial charge in [0.2, 0.25) is 0 Å². The largest absolute Gasteiger partial charge is 0.491 e. The van der Waals surface area contributed by atoms with Crippen LogP contribution in [0.15, 0.2) is 42.5 Å². The SMILES string of the molecule is CC(C)(C)CN1CCC[C@H](c2ccc3c(c2)CC[C@H](NC(=O)c2ccc(OC[C@@H]4CCCO4)cc2)C3)C1. The van der Waals surface area contributed by atoms with E-state index in [1.165, 1.54) is 49.2 Å². The van der Waals surface area contributed by atoms with Gasteiger partial charge in [-0.25, -0.2) is 0 Å². The molecule has 5 nitrogen and oxygen atoms in total. The third kappa shape index (κ3) is 7.14. The van der Waals surface area contributed by atoms with Crippen LogP contribution in [0.25, 0.3) is 0 Å². The van der Waals surface area contributed by atoms with Crippen LogP contribution in [0.3, 0.4) is 0 Å². The van der Waals surface area contributed by atoms with Gasteiger partial charge in [0.25, 0.3) is 5.91 Å². The van der Waals surface area contributed by atoms with E-state index in [0.29, 0.717) is 23.5 Å². The summed E-state index contributed by atoms with van der Waals surface area (Å²) in [4.78, 5) is 15.6. The fourth-order valence-corrected chi connectivity index (χ4v) is 6.23. The molecule has 3 aliphatic rings. The van der Waals surface area contributed by atoms with E-state index < -0.39 is 0 Å². The van der Waals surface area contributed by atoms with E-state index in [2.05, 4.69) is 49.2 Å². The number of aryl methyl sites for hydroxylation is 1. The zero-order valence-corrected chi connectivity index (χ0v) is 22.9. The van der Waals surface area contributed by atoms with Gasteiger partial charge in [-0.05, 0) is 104 Å². The highest BCUT2D eigenvalue weighted by atomic mass is 16.5. The average molecular weight is 505 g/mol. The third-order valence-corrected chi connectivity index (χ3v) is 8.05. The second kappa shape index (κ2) is 11.6. The number of ether oxygens (including phenoxy) is 2. The molecule has 1 aliphatic carbocycles. The van der Waals surface area contributed by atoms with Crippen LogP contribution in [-0.2, 0) is 17.6 Å². The smallest absolute Gasteiger partial charge is 0.251 e. The lowest BCUT2D eigenvalue weighted by atomic mass is 9.83. The second-order valence-electron chi connectivity index (χ2n) is 12.5. The van der Waals surface area contributed by atoms with Crippen LogP contribution in [0.2, 0.25) is 0 Å². The highest BCUT2D eigenvalue weighted by Crippen LogP contribution is 2.32. The quantitative estimate of drug-likeness (QED) is 0.521. The molecule has 37 heavy (non-hydrogen) atoms. The molecule has 5 heteroatoms. The molecule has 1 N–H and O–H groups in total. The summed E-state index contributed by atoms with van der Waals surface area (Å²) in [5.41, 5.74) is 5.39. The minimum Gasteiger partial charge on any atom is -0.491 e. The minimum atomic E-state index is -0.00288. The molecule has 2 fully saturated rings. The van der Waals surface area contributed by atoms with Crippen LogP contribution >= 0.6 is 0 Å². The van der Waals surface area contributed by atoms with E-state index in [1.807, 2.05) is 24.3 Å². The van der Waals surface area contributed by atoms with Gasteiger partial charge in [-0.15, -0.1) is 0 Å². The molecule has 200 valence electrons. The molecule has 0 saturated carbocycles. The molecule has 2 aromatic carbocycles. The van der Waals surface area contributed by atoms with Gasteiger partial charge in [0.15, 0.2) is 0 Å². The van der Waals surface area contributed by atoms with Crippen molar-refractivity contribution in [3.63, 3.8) is 0 Å². The second-order valence-corrected chi connectivity index (χ2v) is 12.5. The maximum Gasteiger partial charge on any atom is 0.251 e. The van der Waals surface area contributed by atoms with Crippen molar-refractivity contribution in [2.45, 2.75) is 83.8 Å². The molecule has 1 amide bonds. The van der Waals surface area contributed by atoms with Gasteiger partial charge in [-0.3, -0.25) is 4.79 Å². The molecular formula is C32H44N2O3. The van der Waals surface area contributed by atoms with Crippen molar-refractivity contribution in [1.82, 2.24) is 10.2 Å². The van der Waals surface area contributed by atoms with Crippen molar-refractivity contribution in [2.75, 3.05) is 32.8 Å². The van der Waals surface area contributed by atoms with Crippen LogP contribution in [0.5, 0.6) is 5.75 Å². The standard InChI is InChI=1S/C32H44N2O3/c1-32(2,3)22-34-16-4-6-27(20-34)25-8-9-26-19-28(13-10-24(26)18-25)33-31(35)23-11-14-29(15-12-23)37-21-30-7-5-17-36-30/h8-9,11-12,14-15,18,27-28,30H,4-7,10,13,16-17,19-22H2,1-3H3,(H,33,35)/t27-,28-,30-/m0/s1. The van der Waals surface area contributed by atoms with Gasteiger partial charge in [0.1, 0.15) is 12.4 Å². The van der Waals surface area contributed by atoms with Gasteiger partial charge < -0.3 is 19.7 Å². The number of carbonyl (C=O) groups excluding carboxylic acids is 1. The van der Waals surface area contributed by atoms with Crippen molar-refractivity contribution >= 4 is 5.91 Å². The van der Waals surface area contributed by atoms with Gasteiger partial charge in [0, 0.05) is 31.3 Å². The van der Waals surface area contributed by atoms with E-state index in [0.717, 1.165) is 44.5 Å². The van der Waals surface area contributed by atoms with Crippen molar-refractivity contribution in [2.24, 2.45) is 5.41 Å². The van der Waals surface area contributed by atoms with E-state index in [4.69, 9.17) is 9.47 Å². The Morgan fingerprint density at radius 1 is 1.05 bits per heavy atom. The zero-order valence-electron chi connectivity index (χ0n) is 22.9. The van der Waals surface area contributed by atoms with Crippen LogP contribution in [0, 0.1) is 5.41 Å². The lowest BCUT2D eigenvalue weighted by Crippen LogP contribution is -2.40. The Morgan fingerprint density at radius 2 is 1.89 bits per heavy atom. The predicted molar refractivity (Wildman–Crippen MR) is 149 cm³/mol. The number of benzene rings is 2. The molecule has 2 aromatic rings. The lowest BCUT2D eigenvalue weighted by Gasteiger charge is -2.37. The minimum absolute atomic E-state index is 0.00288. The lowest BCUT2D eigenvalue weighted by molar-refractivity contribution is 0.0679. The third-order valence-electron chi connectivity index (χ3n) is 8.05. The highest BCUT2D eigenvalue weighted by Gasteiger charge is 2.27. The Bertz CT molecular complexity index is 1050. The molecule has 2 heterocycles. The van der Waals surface area contributed by atoms with E-state index >= 15 is 0 Å². The zero-order chi connectivity index (χ0) is 25.8. The first-order valence-corrected chi connectivity index (χ1v) is 14.3. The van der Waals surface area contributed by atoms with Crippen LogP contribution < -0.4 is 10.1 Å². The number of hydrogen-bond donors (Lipinski definition) is 1. The molecule has 2 aliphatic heterocycles. The van der Waals surface area contributed by atoms with Gasteiger partial charge in [-0.2, -0.15) is 0 Å².